The fraction of sp³-hybridized carbons (Fsp3) is 0.304. The summed E-state index contributed by atoms with van der Waals surface area (Å²) in [5.41, 5.74) is -0.0660. The number of carbonyl (C=O) groups excluding carboxylic acids is 1. The molecule has 35 heavy (non-hydrogen) atoms. The maximum absolute atomic E-state index is 12.9. The molecule has 1 aromatic heterocycles. The third kappa shape index (κ3) is 5.96. The van der Waals surface area contributed by atoms with Crippen molar-refractivity contribution in [3.8, 4) is 5.75 Å². The Labute approximate surface area is 198 Å². The van der Waals surface area contributed by atoms with Gasteiger partial charge in [-0.15, -0.1) is 0 Å². The van der Waals surface area contributed by atoms with Gasteiger partial charge in [0.2, 0.25) is 0 Å². The van der Waals surface area contributed by atoms with E-state index in [4.69, 9.17) is 4.74 Å². The molecule has 4 rings (SSSR count). The summed E-state index contributed by atoms with van der Waals surface area (Å²) >= 11 is 0. The molecule has 9 nitrogen and oxygen atoms in total. The molecule has 0 bridgehead atoms. The maximum Gasteiger partial charge on any atom is 0.416 e. The Morgan fingerprint density at radius 3 is 2.51 bits per heavy atom. The minimum absolute atomic E-state index is 0.0952. The lowest BCUT2D eigenvalue weighted by Gasteiger charge is -2.34. The number of benzene rings is 2. The zero-order valence-electron chi connectivity index (χ0n) is 18.5. The van der Waals surface area contributed by atoms with Crippen molar-refractivity contribution in [2.75, 3.05) is 26.2 Å². The highest BCUT2D eigenvalue weighted by molar-refractivity contribution is 5.92. The van der Waals surface area contributed by atoms with Crippen molar-refractivity contribution in [1.29, 1.82) is 0 Å². The molecule has 12 heteroatoms. The first-order valence-electron chi connectivity index (χ1n) is 10.8. The van der Waals surface area contributed by atoms with E-state index in [9.17, 15) is 28.1 Å². The quantitative estimate of drug-likeness (QED) is 0.370. The van der Waals surface area contributed by atoms with E-state index in [0.29, 0.717) is 38.3 Å². The van der Waals surface area contributed by atoms with Crippen molar-refractivity contribution in [2.45, 2.75) is 19.5 Å². The number of alkyl halides is 3. The fourth-order valence-corrected chi connectivity index (χ4v) is 3.79. The predicted octanol–water partition coefficient (Wildman–Crippen LogP) is 3.80. The highest BCUT2D eigenvalue weighted by Gasteiger charge is 2.30. The van der Waals surface area contributed by atoms with Crippen molar-refractivity contribution in [2.24, 2.45) is 0 Å². The summed E-state index contributed by atoms with van der Waals surface area (Å²) in [4.78, 5) is 27.0. The van der Waals surface area contributed by atoms with E-state index in [1.54, 1.807) is 29.3 Å². The van der Waals surface area contributed by atoms with E-state index in [1.165, 1.54) is 28.9 Å². The van der Waals surface area contributed by atoms with Crippen molar-refractivity contribution < 1.29 is 27.6 Å². The van der Waals surface area contributed by atoms with Crippen LogP contribution in [0, 0.1) is 10.1 Å². The summed E-state index contributed by atoms with van der Waals surface area (Å²) in [6.07, 6.45) is -2.84. The summed E-state index contributed by atoms with van der Waals surface area (Å²) in [6.45, 7) is 2.12. The molecule has 2 aromatic carbocycles. The van der Waals surface area contributed by atoms with Crippen LogP contribution in [-0.4, -0.2) is 56.6 Å². The van der Waals surface area contributed by atoms with E-state index in [-0.39, 0.29) is 29.8 Å². The summed E-state index contributed by atoms with van der Waals surface area (Å²) in [6, 6.07) is 12.8. The first-order valence-corrected chi connectivity index (χ1v) is 10.8. The van der Waals surface area contributed by atoms with Crippen molar-refractivity contribution in [3.63, 3.8) is 0 Å². The van der Waals surface area contributed by atoms with E-state index < -0.39 is 16.7 Å². The molecule has 0 unspecified atom stereocenters. The molecule has 3 aromatic rings. The van der Waals surface area contributed by atoms with E-state index in [0.717, 1.165) is 12.1 Å². The minimum atomic E-state index is -4.38. The monoisotopic (exact) mass is 489 g/mol. The van der Waals surface area contributed by atoms with Gasteiger partial charge in [0.25, 0.3) is 5.91 Å². The van der Waals surface area contributed by atoms with Crippen LogP contribution < -0.4 is 4.74 Å². The average Bonchev–Trinajstić information content (AvgIpc) is 3.32. The summed E-state index contributed by atoms with van der Waals surface area (Å²) < 4.78 is 45.6. The van der Waals surface area contributed by atoms with Gasteiger partial charge >= 0.3 is 11.9 Å². The standard InChI is InChI=1S/C23H22F3N5O4/c24-23(25,26)18-5-3-4-17(14-18)15-28-10-12-29(13-11-28)22(32)19-8-9-30(27-19)16-35-21-7-2-1-6-20(21)31(33)34/h1-9,14H,10-13,15-16H2. The number of nitro groups is 1. The normalized spacial score (nSPS) is 14.7. The third-order valence-electron chi connectivity index (χ3n) is 5.59. The van der Waals surface area contributed by atoms with Crippen molar-refractivity contribution >= 4 is 11.6 Å². The third-order valence-corrected chi connectivity index (χ3v) is 5.59. The molecule has 0 aliphatic carbocycles. The molecule has 1 amide bonds. The molecular formula is C23H22F3N5O4. The summed E-state index contributed by atoms with van der Waals surface area (Å²) in [5, 5.41) is 15.3. The molecule has 1 saturated heterocycles. The highest BCUT2D eigenvalue weighted by atomic mass is 19.4. The van der Waals surface area contributed by atoms with Crippen LogP contribution in [0.25, 0.3) is 0 Å². The van der Waals surface area contributed by atoms with Crippen LogP contribution in [0.15, 0.2) is 60.8 Å². The lowest BCUT2D eigenvalue weighted by atomic mass is 10.1. The van der Waals surface area contributed by atoms with Gasteiger partial charge < -0.3 is 9.64 Å². The van der Waals surface area contributed by atoms with Crippen LogP contribution in [0.3, 0.4) is 0 Å². The zero-order chi connectivity index (χ0) is 25.0. The number of aromatic nitrogens is 2. The number of rotatable bonds is 7. The fourth-order valence-electron chi connectivity index (χ4n) is 3.79. The molecule has 1 fully saturated rings. The van der Waals surface area contributed by atoms with Crippen LogP contribution in [0.1, 0.15) is 21.6 Å². The predicted molar refractivity (Wildman–Crippen MR) is 119 cm³/mol. The number of hydrogen-bond acceptors (Lipinski definition) is 6. The molecular weight excluding hydrogens is 467 g/mol. The van der Waals surface area contributed by atoms with Crippen LogP contribution in [0.5, 0.6) is 5.75 Å². The number of amides is 1. The molecule has 1 aliphatic rings. The zero-order valence-corrected chi connectivity index (χ0v) is 18.5. The number of hydrogen-bond donors (Lipinski definition) is 0. The van der Waals surface area contributed by atoms with Crippen molar-refractivity contribution in [3.05, 3.63) is 87.7 Å². The molecule has 0 saturated carbocycles. The van der Waals surface area contributed by atoms with E-state index >= 15 is 0 Å². The van der Waals surface area contributed by atoms with Gasteiger partial charge in [0.05, 0.1) is 10.5 Å². The Kier molecular flexibility index (Phi) is 7.01. The van der Waals surface area contributed by atoms with Gasteiger partial charge in [0.1, 0.15) is 0 Å². The van der Waals surface area contributed by atoms with Gasteiger partial charge in [0.15, 0.2) is 18.2 Å². The number of para-hydroxylation sites is 2. The van der Waals surface area contributed by atoms with Gasteiger partial charge in [-0.3, -0.25) is 19.8 Å². The Hall–Kier alpha value is -3.93. The van der Waals surface area contributed by atoms with Gasteiger partial charge in [0, 0.05) is 45.0 Å². The molecule has 1 aliphatic heterocycles. The van der Waals surface area contributed by atoms with Crippen molar-refractivity contribution in [1.82, 2.24) is 19.6 Å². The molecule has 0 N–H and O–H groups in total. The molecule has 2 heterocycles. The second-order valence-corrected chi connectivity index (χ2v) is 8.01. The number of ether oxygens (including phenoxy) is 1. The largest absolute Gasteiger partial charge is 0.464 e. The van der Waals surface area contributed by atoms with E-state index in [2.05, 4.69) is 5.10 Å². The summed E-state index contributed by atoms with van der Waals surface area (Å²) in [5.74, 6) is -0.175. The summed E-state index contributed by atoms with van der Waals surface area (Å²) in [7, 11) is 0. The first kappa shape index (κ1) is 24.2. The number of nitrogens with zero attached hydrogens (tertiary/aromatic N) is 5. The lowest BCUT2D eigenvalue weighted by molar-refractivity contribution is -0.386. The lowest BCUT2D eigenvalue weighted by Crippen LogP contribution is -2.48. The second-order valence-electron chi connectivity index (χ2n) is 8.01. The minimum Gasteiger partial charge on any atom is -0.464 e. The van der Waals surface area contributed by atoms with Gasteiger partial charge in [-0.1, -0.05) is 30.3 Å². The first-order chi connectivity index (χ1) is 16.7. The van der Waals surface area contributed by atoms with E-state index in [1.807, 2.05) is 4.90 Å². The number of carbonyl (C=O) groups is 1. The van der Waals surface area contributed by atoms with Crippen LogP contribution in [0.2, 0.25) is 0 Å². The number of piperazine rings is 1. The van der Waals surface area contributed by atoms with Gasteiger partial charge in [-0.05, 0) is 23.8 Å². The SMILES string of the molecule is O=C(c1ccn(COc2ccccc2[N+](=O)[O-])n1)N1CCN(Cc2cccc(C(F)(F)F)c2)CC1. The molecule has 0 atom stereocenters. The number of halogens is 3. The maximum atomic E-state index is 12.9. The molecule has 184 valence electrons. The average molecular weight is 489 g/mol. The van der Waals surface area contributed by atoms with Crippen LogP contribution in [-0.2, 0) is 19.5 Å². The Balaban J connectivity index is 1.30. The Bertz CT molecular complexity index is 1210. The Morgan fingerprint density at radius 2 is 1.80 bits per heavy atom. The molecule has 0 radical (unpaired) electrons. The van der Waals surface area contributed by atoms with Crippen LogP contribution in [0.4, 0.5) is 18.9 Å². The smallest absolute Gasteiger partial charge is 0.416 e. The topological polar surface area (TPSA) is 93.7 Å². The Morgan fingerprint density at radius 1 is 1.06 bits per heavy atom. The highest BCUT2D eigenvalue weighted by Crippen LogP contribution is 2.30. The number of nitro benzene ring substituents is 1. The molecule has 0 spiro atoms. The van der Waals surface area contributed by atoms with Crippen LogP contribution >= 0.6 is 0 Å². The second kappa shape index (κ2) is 10.1. The van der Waals surface area contributed by atoms with Gasteiger partial charge in [-0.2, -0.15) is 18.3 Å². The van der Waals surface area contributed by atoms with Gasteiger partial charge in [-0.25, -0.2) is 4.68 Å².